The first-order valence-electron chi connectivity index (χ1n) is 6.82. The largest absolute Gasteiger partial charge is 0.507 e. The maximum Gasteiger partial charge on any atom is 0.261 e. The van der Waals surface area contributed by atoms with Crippen LogP contribution >= 0.6 is 0 Å². The topological polar surface area (TPSA) is 226 Å². The van der Waals surface area contributed by atoms with E-state index >= 15 is 0 Å². The molecule has 14 nitrogen and oxygen atoms in total. The van der Waals surface area contributed by atoms with Crippen LogP contribution in [0.4, 0.5) is 23.1 Å². The van der Waals surface area contributed by atoms with Crippen molar-refractivity contribution in [1.82, 2.24) is 20.6 Å². The molecule has 2 heterocycles. The fraction of sp³-hybridized carbons (Fsp3) is 0. The van der Waals surface area contributed by atoms with Gasteiger partial charge in [0.1, 0.15) is 5.75 Å². The van der Waals surface area contributed by atoms with Crippen LogP contribution in [0.15, 0.2) is 47.9 Å². The van der Waals surface area contributed by atoms with Gasteiger partial charge in [0, 0.05) is 5.56 Å². The van der Waals surface area contributed by atoms with E-state index < -0.39 is 0 Å². The molecule has 0 atom stereocenters. The van der Waals surface area contributed by atoms with Crippen LogP contribution in [0, 0.1) is 0 Å². The van der Waals surface area contributed by atoms with Crippen molar-refractivity contribution < 1.29 is 14.4 Å². The summed E-state index contributed by atoms with van der Waals surface area (Å²) in [6, 6.07) is 4.40. The number of phenols is 1. The molecule has 0 spiro atoms. The third-order valence-corrected chi connectivity index (χ3v) is 2.89. The molecule has 0 aliphatic rings. The number of anilines is 2. The van der Waals surface area contributed by atoms with E-state index in [1.165, 1.54) is 24.4 Å². The van der Waals surface area contributed by atoms with Gasteiger partial charge in [-0.15, -0.1) is 15.3 Å². The minimum Gasteiger partial charge on any atom is -0.507 e. The fourth-order valence-corrected chi connectivity index (χ4v) is 1.65. The van der Waals surface area contributed by atoms with Crippen LogP contribution in [0.25, 0.3) is 0 Å². The highest BCUT2D eigenvalue weighted by molar-refractivity contribution is 5.99. The van der Waals surface area contributed by atoms with Gasteiger partial charge in [0.05, 0.1) is 11.9 Å². The van der Waals surface area contributed by atoms with Gasteiger partial charge < -0.3 is 22.3 Å². The molecule has 7 N–H and O–H groups in total. The summed E-state index contributed by atoms with van der Waals surface area (Å²) in [5.74, 6) is -0.158. The smallest absolute Gasteiger partial charge is 0.261 e. The zero-order valence-corrected chi connectivity index (χ0v) is 12.9. The molecule has 0 fully saturated rings. The van der Waals surface area contributed by atoms with Crippen LogP contribution in [0.3, 0.4) is 0 Å². The first-order chi connectivity index (χ1) is 12.5. The quantitative estimate of drug-likeness (QED) is 0.213. The lowest BCUT2D eigenvalue weighted by atomic mass is 10.2. The Morgan fingerprint density at radius 2 is 1.81 bits per heavy atom. The second kappa shape index (κ2) is 7.04. The average molecular weight is 357 g/mol. The van der Waals surface area contributed by atoms with Crippen molar-refractivity contribution in [3.63, 3.8) is 0 Å². The summed E-state index contributed by atoms with van der Waals surface area (Å²) >= 11 is 0. The molecule has 0 bridgehead atoms. The number of amidine groups is 1. The van der Waals surface area contributed by atoms with Gasteiger partial charge in [-0.05, 0) is 38.8 Å². The second-order valence-corrected chi connectivity index (χ2v) is 4.64. The van der Waals surface area contributed by atoms with Crippen molar-refractivity contribution >= 4 is 35.2 Å². The van der Waals surface area contributed by atoms with Crippen LogP contribution in [0.5, 0.6) is 5.75 Å². The van der Waals surface area contributed by atoms with E-state index in [4.69, 9.17) is 17.2 Å². The van der Waals surface area contributed by atoms with E-state index in [1.807, 2.05) is 0 Å². The molecule has 0 saturated carbocycles. The number of hydrogen-bond acceptors (Lipinski definition) is 13. The number of azo groups is 1. The van der Waals surface area contributed by atoms with E-state index in [0.29, 0.717) is 11.3 Å². The highest BCUT2D eigenvalue weighted by Crippen LogP contribution is 2.24. The Balaban J connectivity index is 1.79. The van der Waals surface area contributed by atoms with Gasteiger partial charge in [-0.2, -0.15) is 5.10 Å². The molecule has 2 aromatic heterocycles. The van der Waals surface area contributed by atoms with E-state index in [1.54, 1.807) is 0 Å². The van der Waals surface area contributed by atoms with Crippen molar-refractivity contribution in [2.45, 2.75) is 0 Å². The molecule has 3 rings (SSSR count). The Labute approximate surface area is 144 Å². The molecule has 0 aliphatic heterocycles. The number of nitrogens with zero attached hydrogens (tertiary/aromatic N) is 8. The fourth-order valence-electron chi connectivity index (χ4n) is 1.65. The summed E-state index contributed by atoms with van der Waals surface area (Å²) in [5.41, 5.74) is 17.4. The van der Waals surface area contributed by atoms with E-state index in [-0.39, 0.29) is 34.7 Å². The number of nitrogen functional groups attached to an aromatic ring is 2. The molecule has 132 valence electrons. The number of aromatic hydroxyl groups is 1. The summed E-state index contributed by atoms with van der Waals surface area (Å²) in [7, 11) is 0. The molecule has 1 aromatic carbocycles. The summed E-state index contributed by atoms with van der Waals surface area (Å²) in [6.45, 7) is 0. The number of rotatable bonds is 5. The van der Waals surface area contributed by atoms with Gasteiger partial charge in [0.15, 0.2) is 17.3 Å². The summed E-state index contributed by atoms with van der Waals surface area (Å²) in [5, 5.41) is 38.7. The maximum absolute atomic E-state index is 9.87. The molecule has 3 aromatic rings. The van der Waals surface area contributed by atoms with Gasteiger partial charge in [-0.3, -0.25) is 0 Å². The van der Waals surface area contributed by atoms with Crippen molar-refractivity contribution in [2.75, 3.05) is 11.5 Å². The second-order valence-electron chi connectivity index (χ2n) is 4.64. The average Bonchev–Trinajstić information content (AvgIpc) is 3.23. The number of phenolic OH excluding ortho intramolecular Hbond substituents is 1. The molecule has 0 unspecified atom stereocenters. The monoisotopic (exact) mass is 357 g/mol. The lowest BCUT2D eigenvalue weighted by Gasteiger charge is -1.99. The van der Waals surface area contributed by atoms with Gasteiger partial charge in [-0.25, -0.2) is 9.26 Å². The molecule has 14 heteroatoms. The minimum absolute atomic E-state index is 0.000690. The predicted molar refractivity (Wildman–Crippen MR) is 88.0 cm³/mol. The molecule has 0 aliphatic carbocycles. The first-order valence-corrected chi connectivity index (χ1v) is 6.82. The SMILES string of the molecule is N/C(=N/N=C/c1cc(N=Nc2nonc2N)ccc1O)c1nonc1N. The molecule has 0 saturated heterocycles. The predicted octanol–water partition coefficient (Wildman–Crippen LogP) is 0.477. The van der Waals surface area contributed by atoms with Crippen molar-refractivity contribution in [2.24, 2.45) is 26.2 Å². The zero-order valence-electron chi connectivity index (χ0n) is 12.9. The zero-order chi connectivity index (χ0) is 18.5. The molecule has 0 amide bonds. The standard InChI is InChI=1S/C12H11N11O3/c13-9(8-10(14)21-25-20-8)18-16-4-5-3-6(1-2-7(5)24)17-19-12-11(15)22-26-23-12/h1-4,24H,(H2,13,18)(H2,14,21)(H2,15,22)/b16-4+,19-17?. The van der Waals surface area contributed by atoms with Gasteiger partial charge in [-0.1, -0.05) is 0 Å². The van der Waals surface area contributed by atoms with Gasteiger partial charge in [0.25, 0.3) is 5.82 Å². The van der Waals surface area contributed by atoms with Crippen molar-refractivity contribution in [3.8, 4) is 5.75 Å². The first kappa shape index (κ1) is 16.5. The van der Waals surface area contributed by atoms with Gasteiger partial charge in [0.2, 0.25) is 5.82 Å². The number of hydrogen-bond donors (Lipinski definition) is 4. The van der Waals surface area contributed by atoms with Crippen LogP contribution in [-0.2, 0) is 0 Å². The Hall–Kier alpha value is -4.36. The number of benzene rings is 1. The summed E-state index contributed by atoms with van der Waals surface area (Å²) in [4.78, 5) is 0. The molecular weight excluding hydrogens is 346 g/mol. The lowest BCUT2D eigenvalue weighted by molar-refractivity contribution is 0.308. The Morgan fingerprint density at radius 3 is 2.50 bits per heavy atom. The van der Waals surface area contributed by atoms with Crippen LogP contribution in [0.1, 0.15) is 11.3 Å². The van der Waals surface area contributed by atoms with E-state index in [0.717, 1.165) is 0 Å². The highest BCUT2D eigenvalue weighted by Gasteiger charge is 2.10. The molecule has 0 radical (unpaired) electrons. The van der Waals surface area contributed by atoms with Crippen molar-refractivity contribution in [3.05, 3.63) is 29.5 Å². The van der Waals surface area contributed by atoms with Gasteiger partial charge >= 0.3 is 0 Å². The normalized spacial score (nSPS) is 12.4. The molecule has 26 heavy (non-hydrogen) atoms. The minimum atomic E-state index is -0.107. The number of nitrogens with two attached hydrogens (primary N) is 3. The summed E-state index contributed by atoms with van der Waals surface area (Å²) in [6.07, 6.45) is 1.25. The Bertz CT molecular complexity index is 1000. The van der Waals surface area contributed by atoms with E-state index in [2.05, 4.69) is 50.3 Å². The maximum atomic E-state index is 9.87. The van der Waals surface area contributed by atoms with Crippen LogP contribution in [0.2, 0.25) is 0 Å². The van der Waals surface area contributed by atoms with E-state index in [9.17, 15) is 5.11 Å². The summed E-state index contributed by atoms with van der Waals surface area (Å²) < 4.78 is 8.81. The number of aromatic nitrogens is 4. The third-order valence-electron chi connectivity index (χ3n) is 2.89. The highest BCUT2D eigenvalue weighted by atomic mass is 16.6. The Kier molecular flexibility index (Phi) is 4.46. The Morgan fingerprint density at radius 1 is 1.04 bits per heavy atom. The van der Waals surface area contributed by atoms with Crippen molar-refractivity contribution in [1.29, 1.82) is 0 Å². The lowest BCUT2D eigenvalue weighted by Crippen LogP contribution is -2.15. The third kappa shape index (κ3) is 3.58. The van der Waals surface area contributed by atoms with Crippen LogP contribution < -0.4 is 17.2 Å². The molecular formula is C12H11N11O3. The van der Waals surface area contributed by atoms with Crippen LogP contribution in [-0.4, -0.2) is 37.8 Å².